The summed E-state index contributed by atoms with van der Waals surface area (Å²) < 4.78 is 5.85. The first-order valence-corrected chi connectivity index (χ1v) is 9.71. The number of piperidine rings is 1. The second-order valence-corrected chi connectivity index (χ2v) is 8.14. The van der Waals surface area contributed by atoms with Gasteiger partial charge in [-0.2, -0.15) is 0 Å². The number of likely N-dealkylation sites (tertiary alicyclic amines) is 1. The van der Waals surface area contributed by atoms with Gasteiger partial charge >= 0.3 is 0 Å². The fourth-order valence-electron chi connectivity index (χ4n) is 3.56. The lowest BCUT2D eigenvalue weighted by Crippen LogP contribution is -2.32. The van der Waals surface area contributed by atoms with Crippen LogP contribution in [-0.4, -0.2) is 49.2 Å². The zero-order chi connectivity index (χ0) is 15.2. The molecule has 2 aliphatic heterocycles. The monoisotopic (exact) mass is 322 g/mol. The largest absolute Gasteiger partial charge is 0.377 e. The molecule has 0 N–H and O–H groups in total. The van der Waals surface area contributed by atoms with Crippen LogP contribution in [0, 0.1) is 0 Å². The van der Waals surface area contributed by atoms with Crippen LogP contribution in [0.1, 0.15) is 48.3 Å². The van der Waals surface area contributed by atoms with Crippen molar-refractivity contribution in [2.45, 2.75) is 57.7 Å². The van der Waals surface area contributed by atoms with Crippen LogP contribution in [0.2, 0.25) is 0 Å². The summed E-state index contributed by atoms with van der Waals surface area (Å²) in [5, 5.41) is 0. The summed E-state index contributed by atoms with van der Waals surface area (Å²) in [4.78, 5) is 8.05. The second kappa shape index (κ2) is 8.44. The van der Waals surface area contributed by atoms with Crippen molar-refractivity contribution in [2.75, 3.05) is 33.3 Å². The highest BCUT2D eigenvalue weighted by Gasteiger charge is 2.17. The Balaban J connectivity index is 1.44. The number of hydrogen-bond donors (Lipinski definition) is 0. The van der Waals surface area contributed by atoms with E-state index in [2.05, 4.69) is 29.0 Å². The Morgan fingerprint density at radius 3 is 2.73 bits per heavy atom. The van der Waals surface area contributed by atoms with Gasteiger partial charge in [-0.3, -0.25) is 9.80 Å². The van der Waals surface area contributed by atoms with Crippen LogP contribution in [0.15, 0.2) is 12.1 Å². The molecule has 3 nitrogen and oxygen atoms in total. The molecule has 2 saturated heterocycles. The molecule has 2 fully saturated rings. The van der Waals surface area contributed by atoms with Crippen molar-refractivity contribution in [3.05, 3.63) is 21.9 Å². The standard InChI is InChI=1S/C18H30N2OS/c1-19(13-16-7-3-6-12-21-16)14-17-8-9-18(22-17)15-20-10-4-2-5-11-20/h8-9,16H,2-7,10-15H2,1H3. The molecular weight excluding hydrogens is 292 g/mol. The van der Waals surface area contributed by atoms with Crippen molar-refractivity contribution < 1.29 is 4.74 Å². The van der Waals surface area contributed by atoms with Crippen LogP contribution in [-0.2, 0) is 17.8 Å². The van der Waals surface area contributed by atoms with E-state index in [1.807, 2.05) is 11.3 Å². The molecule has 0 bridgehead atoms. The Hall–Kier alpha value is -0.420. The summed E-state index contributed by atoms with van der Waals surface area (Å²) in [6.45, 7) is 6.81. The highest BCUT2D eigenvalue weighted by atomic mass is 32.1. The Morgan fingerprint density at radius 1 is 1.14 bits per heavy atom. The predicted molar refractivity (Wildman–Crippen MR) is 93.4 cm³/mol. The molecule has 22 heavy (non-hydrogen) atoms. The summed E-state index contributed by atoms with van der Waals surface area (Å²) >= 11 is 1.99. The average Bonchev–Trinajstić information content (AvgIpc) is 2.96. The van der Waals surface area contributed by atoms with Crippen molar-refractivity contribution in [1.29, 1.82) is 0 Å². The highest BCUT2D eigenvalue weighted by Crippen LogP contribution is 2.22. The van der Waals surface area contributed by atoms with Gasteiger partial charge in [-0.05, 0) is 64.4 Å². The van der Waals surface area contributed by atoms with E-state index in [9.17, 15) is 0 Å². The van der Waals surface area contributed by atoms with E-state index in [1.54, 1.807) is 0 Å². The van der Waals surface area contributed by atoms with Crippen LogP contribution >= 0.6 is 11.3 Å². The first-order valence-electron chi connectivity index (χ1n) is 8.90. The maximum atomic E-state index is 5.85. The molecule has 3 heterocycles. The van der Waals surface area contributed by atoms with Crippen molar-refractivity contribution in [1.82, 2.24) is 9.80 Å². The van der Waals surface area contributed by atoms with E-state index in [0.717, 1.165) is 26.2 Å². The van der Waals surface area contributed by atoms with Gasteiger partial charge in [0.15, 0.2) is 0 Å². The summed E-state index contributed by atoms with van der Waals surface area (Å²) in [7, 11) is 2.22. The Labute approximate surface area is 139 Å². The van der Waals surface area contributed by atoms with Gasteiger partial charge in [0.2, 0.25) is 0 Å². The number of likely N-dealkylation sites (N-methyl/N-ethyl adjacent to an activating group) is 1. The van der Waals surface area contributed by atoms with Crippen LogP contribution in [0.25, 0.3) is 0 Å². The fraction of sp³-hybridized carbons (Fsp3) is 0.778. The molecule has 0 aliphatic carbocycles. The van der Waals surface area contributed by atoms with Crippen LogP contribution in [0.5, 0.6) is 0 Å². The fourth-order valence-corrected chi connectivity index (χ4v) is 4.70. The number of nitrogens with zero attached hydrogens (tertiary/aromatic N) is 2. The van der Waals surface area contributed by atoms with Crippen LogP contribution in [0.3, 0.4) is 0 Å². The van der Waals surface area contributed by atoms with Gasteiger partial charge in [0, 0.05) is 36.0 Å². The molecule has 1 atom stereocenters. The van der Waals surface area contributed by atoms with Crippen molar-refractivity contribution >= 4 is 11.3 Å². The molecule has 1 aromatic rings. The molecular formula is C18H30N2OS. The third kappa shape index (κ3) is 5.05. The molecule has 0 aromatic carbocycles. The molecule has 1 aromatic heterocycles. The van der Waals surface area contributed by atoms with Crippen LogP contribution in [0.4, 0.5) is 0 Å². The van der Waals surface area contributed by atoms with Crippen molar-refractivity contribution in [3.8, 4) is 0 Å². The van der Waals surface area contributed by atoms with Crippen LogP contribution < -0.4 is 0 Å². The SMILES string of the molecule is CN(Cc1ccc(CN2CCCCC2)s1)CC1CCCCO1. The minimum atomic E-state index is 0.450. The number of hydrogen-bond acceptors (Lipinski definition) is 4. The maximum absolute atomic E-state index is 5.85. The zero-order valence-corrected chi connectivity index (χ0v) is 14.7. The molecule has 0 spiro atoms. The Bertz CT molecular complexity index is 436. The normalized spacial score (nSPS) is 24.0. The third-order valence-corrected chi connectivity index (χ3v) is 5.82. The predicted octanol–water partition coefficient (Wildman–Crippen LogP) is 3.73. The number of ether oxygens (including phenoxy) is 1. The van der Waals surface area contributed by atoms with Gasteiger partial charge in [-0.25, -0.2) is 0 Å². The first kappa shape index (κ1) is 16.4. The zero-order valence-electron chi connectivity index (χ0n) is 13.9. The van der Waals surface area contributed by atoms with Gasteiger partial charge < -0.3 is 4.74 Å². The Kier molecular flexibility index (Phi) is 6.30. The van der Waals surface area contributed by atoms with Gasteiger partial charge in [-0.1, -0.05) is 6.42 Å². The minimum absolute atomic E-state index is 0.450. The molecule has 0 radical (unpaired) electrons. The number of rotatable bonds is 6. The minimum Gasteiger partial charge on any atom is -0.377 e. The molecule has 1 unspecified atom stereocenters. The molecule has 3 rings (SSSR count). The summed E-state index contributed by atoms with van der Waals surface area (Å²) in [5.41, 5.74) is 0. The molecule has 4 heteroatoms. The topological polar surface area (TPSA) is 15.7 Å². The van der Waals surface area contributed by atoms with E-state index in [4.69, 9.17) is 4.74 Å². The van der Waals surface area contributed by atoms with Gasteiger partial charge in [0.05, 0.1) is 6.10 Å². The Morgan fingerprint density at radius 2 is 1.95 bits per heavy atom. The smallest absolute Gasteiger partial charge is 0.0702 e. The molecule has 124 valence electrons. The van der Waals surface area contributed by atoms with Gasteiger partial charge in [-0.15, -0.1) is 11.3 Å². The quantitative estimate of drug-likeness (QED) is 0.793. The number of thiophene rings is 1. The van der Waals surface area contributed by atoms with Gasteiger partial charge in [0.25, 0.3) is 0 Å². The third-order valence-electron chi connectivity index (χ3n) is 4.76. The lowest BCUT2D eigenvalue weighted by molar-refractivity contribution is -0.00245. The van der Waals surface area contributed by atoms with E-state index < -0.39 is 0 Å². The summed E-state index contributed by atoms with van der Waals surface area (Å²) in [6.07, 6.45) is 8.43. The average molecular weight is 323 g/mol. The van der Waals surface area contributed by atoms with Crippen molar-refractivity contribution in [3.63, 3.8) is 0 Å². The van der Waals surface area contributed by atoms with Crippen molar-refractivity contribution in [2.24, 2.45) is 0 Å². The highest BCUT2D eigenvalue weighted by molar-refractivity contribution is 7.11. The van der Waals surface area contributed by atoms with E-state index in [0.29, 0.717) is 6.10 Å². The summed E-state index contributed by atoms with van der Waals surface area (Å²) in [6, 6.07) is 4.65. The van der Waals surface area contributed by atoms with E-state index in [-0.39, 0.29) is 0 Å². The summed E-state index contributed by atoms with van der Waals surface area (Å²) in [5.74, 6) is 0. The molecule has 2 aliphatic rings. The van der Waals surface area contributed by atoms with Gasteiger partial charge in [0.1, 0.15) is 0 Å². The van der Waals surface area contributed by atoms with E-state index in [1.165, 1.54) is 61.4 Å². The first-order chi connectivity index (χ1) is 10.8. The maximum Gasteiger partial charge on any atom is 0.0702 e. The van der Waals surface area contributed by atoms with E-state index >= 15 is 0 Å². The molecule has 0 saturated carbocycles. The lowest BCUT2D eigenvalue weighted by Gasteiger charge is -2.27. The second-order valence-electron chi connectivity index (χ2n) is 6.89. The molecule has 0 amide bonds. The lowest BCUT2D eigenvalue weighted by atomic mass is 10.1.